The van der Waals surface area contributed by atoms with E-state index in [1.165, 1.54) is 7.11 Å². The van der Waals surface area contributed by atoms with Crippen LogP contribution in [-0.2, 0) is 9.53 Å². The summed E-state index contributed by atoms with van der Waals surface area (Å²) in [5, 5.41) is 4.21. The zero-order valence-corrected chi connectivity index (χ0v) is 11.4. The van der Waals surface area contributed by atoms with Crippen molar-refractivity contribution in [3.8, 4) is 0 Å². The van der Waals surface area contributed by atoms with Gasteiger partial charge in [0, 0.05) is 5.39 Å². The highest BCUT2D eigenvalue weighted by molar-refractivity contribution is 5.82. The van der Waals surface area contributed by atoms with Crippen LogP contribution in [0.5, 0.6) is 0 Å². The molecule has 2 aromatic rings. The van der Waals surface area contributed by atoms with E-state index in [1.54, 1.807) is 0 Å². The van der Waals surface area contributed by atoms with E-state index in [2.05, 4.69) is 10.3 Å². The molecular formula is C15H18N2O2. The van der Waals surface area contributed by atoms with Crippen molar-refractivity contribution in [3.63, 3.8) is 0 Å². The number of anilines is 1. The number of para-hydroxylation sites is 1. The average Bonchev–Trinajstić information content (AvgIpc) is 2.43. The van der Waals surface area contributed by atoms with E-state index in [-0.39, 0.29) is 11.9 Å². The molecule has 0 radical (unpaired) electrons. The molecule has 100 valence electrons. The normalized spacial score (nSPS) is 12.4. The van der Waals surface area contributed by atoms with Crippen molar-refractivity contribution in [2.45, 2.75) is 19.9 Å². The lowest BCUT2D eigenvalue weighted by molar-refractivity contribution is -0.142. The van der Waals surface area contributed by atoms with Crippen molar-refractivity contribution in [2.75, 3.05) is 12.4 Å². The minimum atomic E-state index is -0.390. The highest BCUT2D eigenvalue weighted by Crippen LogP contribution is 2.17. The van der Waals surface area contributed by atoms with Gasteiger partial charge in [-0.2, -0.15) is 0 Å². The van der Waals surface area contributed by atoms with Crippen LogP contribution in [0, 0.1) is 5.92 Å². The molecule has 1 N–H and O–H groups in total. The number of fused-ring (bicyclic) bond motifs is 1. The second-order valence-electron chi connectivity index (χ2n) is 4.78. The van der Waals surface area contributed by atoms with E-state index in [0.29, 0.717) is 5.82 Å². The monoisotopic (exact) mass is 258 g/mol. The van der Waals surface area contributed by atoms with Crippen LogP contribution < -0.4 is 5.32 Å². The number of carbonyl (C=O) groups excluding carboxylic acids is 1. The first-order valence-electron chi connectivity index (χ1n) is 6.32. The number of carbonyl (C=O) groups is 1. The predicted octanol–water partition coefficient (Wildman–Crippen LogP) is 2.84. The molecule has 0 aliphatic carbocycles. The molecule has 4 nitrogen and oxygen atoms in total. The first-order chi connectivity index (χ1) is 9.11. The van der Waals surface area contributed by atoms with Gasteiger partial charge in [0.15, 0.2) is 0 Å². The van der Waals surface area contributed by atoms with E-state index in [9.17, 15) is 4.79 Å². The Hall–Kier alpha value is -2.10. The van der Waals surface area contributed by atoms with Gasteiger partial charge in [0.25, 0.3) is 0 Å². The van der Waals surface area contributed by atoms with E-state index in [1.807, 2.05) is 50.2 Å². The van der Waals surface area contributed by atoms with Crippen LogP contribution in [-0.4, -0.2) is 24.1 Å². The molecule has 0 saturated heterocycles. The summed E-state index contributed by atoms with van der Waals surface area (Å²) >= 11 is 0. The molecule has 4 heteroatoms. The van der Waals surface area contributed by atoms with Gasteiger partial charge < -0.3 is 10.1 Å². The van der Waals surface area contributed by atoms with Gasteiger partial charge in [-0.1, -0.05) is 32.0 Å². The number of benzene rings is 1. The Balaban J connectivity index is 2.26. The average molecular weight is 258 g/mol. The predicted molar refractivity (Wildman–Crippen MR) is 76.0 cm³/mol. The fraction of sp³-hybridized carbons (Fsp3) is 0.333. The van der Waals surface area contributed by atoms with Crippen LogP contribution in [0.25, 0.3) is 10.9 Å². The number of ether oxygens (including phenoxy) is 1. The lowest BCUT2D eigenvalue weighted by atomic mass is 10.0. The Bertz CT molecular complexity index is 581. The quantitative estimate of drug-likeness (QED) is 0.857. The molecule has 0 aliphatic heterocycles. The number of nitrogens with one attached hydrogen (secondary N) is 1. The second-order valence-corrected chi connectivity index (χ2v) is 4.78. The molecular weight excluding hydrogens is 240 g/mol. The summed E-state index contributed by atoms with van der Waals surface area (Å²) in [6.07, 6.45) is 0. The van der Waals surface area contributed by atoms with Crippen LogP contribution in [0.4, 0.5) is 5.82 Å². The summed E-state index contributed by atoms with van der Waals surface area (Å²) < 4.78 is 4.80. The van der Waals surface area contributed by atoms with Gasteiger partial charge in [-0.15, -0.1) is 0 Å². The van der Waals surface area contributed by atoms with E-state index in [0.717, 1.165) is 10.9 Å². The number of nitrogens with zero attached hydrogens (tertiary/aromatic N) is 1. The Kier molecular flexibility index (Phi) is 4.00. The van der Waals surface area contributed by atoms with Crippen molar-refractivity contribution >= 4 is 22.7 Å². The molecule has 1 unspecified atom stereocenters. The fourth-order valence-corrected chi connectivity index (χ4v) is 1.93. The number of hydrogen-bond acceptors (Lipinski definition) is 4. The summed E-state index contributed by atoms with van der Waals surface area (Å²) in [5.41, 5.74) is 0.903. The molecule has 0 spiro atoms. The van der Waals surface area contributed by atoms with Crippen LogP contribution in [0.1, 0.15) is 13.8 Å². The maximum Gasteiger partial charge on any atom is 0.328 e. The van der Waals surface area contributed by atoms with Gasteiger partial charge in [-0.05, 0) is 24.1 Å². The second kappa shape index (κ2) is 5.69. The summed E-state index contributed by atoms with van der Waals surface area (Å²) in [7, 11) is 1.40. The van der Waals surface area contributed by atoms with Gasteiger partial charge in [0.05, 0.1) is 12.6 Å². The maximum absolute atomic E-state index is 11.7. The SMILES string of the molecule is COC(=O)C(Nc1ccc2ccccc2n1)C(C)C. The molecule has 19 heavy (non-hydrogen) atoms. The van der Waals surface area contributed by atoms with Crippen molar-refractivity contribution in [2.24, 2.45) is 5.92 Å². The summed E-state index contributed by atoms with van der Waals surface area (Å²) in [4.78, 5) is 16.2. The van der Waals surface area contributed by atoms with Crippen molar-refractivity contribution in [1.82, 2.24) is 4.98 Å². The molecule has 0 saturated carbocycles. The number of rotatable bonds is 4. The number of pyridine rings is 1. The Morgan fingerprint density at radius 3 is 2.63 bits per heavy atom. The molecule has 0 bridgehead atoms. The third kappa shape index (κ3) is 3.02. The van der Waals surface area contributed by atoms with E-state index < -0.39 is 6.04 Å². The molecule has 0 aliphatic rings. The standard InChI is InChI=1S/C15H18N2O2/c1-10(2)14(15(18)19-3)17-13-9-8-11-6-4-5-7-12(11)16-13/h4-10,14H,1-3H3,(H,16,17). The maximum atomic E-state index is 11.7. The molecule has 0 fully saturated rings. The van der Waals surface area contributed by atoms with Gasteiger partial charge in [0.1, 0.15) is 11.9 Å². The largest absolute Gasteiger partial charge is 0.467 e. The van der Waals surface area contributed by atoms with E-state index in [4.69, 9.17) is 4.74 Å². The number of methoxy groups -OCH3 is 1. The smallest absolute Gasteiger partial charge is 0.328 e. The lowest BCUT2D eigenvalue weighted by Gasteiger charge is -2.20. The Morgan fingerprint density at radius 1 is 1.21 bits per heavy atom. The van der Waals surface area contributed by atoms with E-state index >= 15 is 0 Å². The first kappa shape index (κ1) is 13.3. The molecule has 1 heterocycles. The van der Waals surface area contributed by atoms with Crippen LogP contribution in [0.2, 0.25) is 0 Å². The highest BCUT2D eigenvalue weighted by atomic mass is 16.5. The van der Waals surface area contributed by atoms with Crippen molar-refractivity contribution in [1.29, 1.82) is 0 Å². The minimum Gasteiger partial charge on any atom is -0.467 e. The highest BCUT2D eigenvalue weighted by Gasteiger charge is 2.23. The van der Waals surface area contributed by atoms with Gasteiger partial charge in [-0.3, -0.25) is 0 Å². The van der Waals surface area contributed by atoms with Gasteiger partial charge >= 0.3 is 5.97 Å². The van der Waals surface area contributed by atoms with Crippen molar-refractivity contribution < 1.29 is 9.53 Å². The zero-order valence-electron chi connectivity index (χ0n) is 11.4. The fourth-order valence-electron chi connectivity index (χ4n) is 1.93. The number of esters is 1. The van der Waals surface area contributed by atoms with Crippen LogP contribution in [0.3, 0.4) is 0 Å². The number of aromatic nitrogens is 1. The Labute approximate surface area is 112 Å². The molecule has 1 aromatic carbocycles. The minimum absolute atomic E-state index is 0.126. The summed E-state index contributed by atoms with van der Waals surface area (Å²) in [5.74, 6) is 0.536. The molecule has 0 amide bonds. The summed E-state index contributed by atoms with van der Waals surface area (Å²) in [6.45, 7) is 3.94. The van der Waals surface area contributed by atoms with Crippen LogP contribution in [0.15, 0.2) is 36.4 Å². The van der Waals surface area contributed by atoms with Gasteiger partial charge in [0.2, 0.25) is 0 Å². The zero-order chi connectivity index (χ0) is 13.8. The lowest BCUT2D eigenvalue weighted by Crippen LogP contribution is -2.35. The third-order valence-electron chi connectivity index (χ3n) is 3.02. The Morgan fingerprint density at radius 2 is 1.95 bits per heavy atom. The number of hydrogen-bond donors (Lipinski definition) is 1. The first-order valence-corrected chi connectivity index (χ1v) is 6.32. The van der Waals surface area contributed by atoms with Crippen molar-refractivity contribution in [3.05, 3.63) is 36.4 Å². The summed E-state index contributed by atoms with van der Waals surface area (Å²) in [6, 6.07) is 11.3. The molecule has 1 aromatic heterocycles. The molecule has 2 rings (SSSR count). The third-order valence-corrected chi connectivity index (χ3v) is 3.02. The molecule has 1 atom stereocenters. The van der Waals surface area contributed by atoms with Gasteiger partial charge in [-0.25, -0.2) is 9.78 Å². The van der Waals surface area contributed by atoms with Crippen LogP contribution >= 0.6 is 0 Å². The topological polar surface area (TPSA) is 51.2 Å².